The molecule has 0 bridgehead atoms. The minimum absolute atomic E-state index is 0.424. The van der Waals surface area contributed by atoms with Crippen LogP contribution in [0.15, 0.2) is 0 Å². The molecule has 1 aliphatic heterocycles. The third-order valence-corrected chi connectivity index (χ3v) is 5.13. The van der Waals surface area contributed by atoms with E-state index in [0.29, 0.717) is 10.8 Å². The van der Waals surface area contributed by atoms with Crippen LogP contribution in [0.5, 0.6) is 0 Å². The van der Waals surface area contributed by atoms with Gasteiger partial charge in [0.05, 0.1) is 0 Å². The summed E-state index contributed by atoms with van der Waals surface area (Å²) in [6.45, 7) is 19.5. The fraction of sp³-hybridized carbons (Fsp3) is 1.00. The molecule has 0 aliphatic carbocycles. The summed E-state index contributed by atoms with van der Waals surface area (Å²) in [5, 5.41) is 0. The number of rotatable bonds is 7. The van der Waals surface area contributed by atoms with Crippen molar-refractivity contribution in [2.24, 2.45) is 10.8 Å². The second-order valence-electron chi connectivity index (χ2n) is 7.65. The summed E-state index contributed by atoms with van der Waals surface area (Å²) in [5.41, 5.74) is 0.877. The first kappa shape index (κ1) is 17.3. The minimum Gasteiger partial charge on any atom is -0.301 e. The fourth-order valence-corrected chi connectivity index (χ4v) is 4.55. The maximum Gasteiger partial charge on any atom is 0.0110 e. The van der Waals surface area contributed by atoms with Crippen molar-refractivity contribution < 1.29 is 0 Å². The average molecular weight is 287 g/mol. The van der Waals surface area contributed by atoms with Crippen LogP contribution >= 0.6 is 11.8 Å². The molecule has 0 N–H and O–H groups in total. The van der Waals surface area contributed by atoms with Gasteiger partial charge in [0.25, 0.3) is 0 Å². The molecule has 3 heteroatoms. The second-order valence-corrected chi connectivity index (χ2v) is 8.51. The predicted molar refractivity (Wildman–Crippen MR) is 89.1 cm³/mol. The number of piperazine rings is 1. The predicted octanol–water partition coefficient (Wildman–Crippen LogP) is 3.43. The third kappa shape index (κ3) is 6.50. The number of nitrogens with zero attached hydrogens (tertiary/aromatic N) is 2. The van der Waals surface area contributed by atoms with Crippen LogP contribution in [0, 0.1) is 10.8 Å². The Morgan fingerprint density at radius 1 is 0.895 bits per heavy atom. The molecule has 1 rings (SSSR count). The molecule has 0 atom stereocenters. The van der Waals surface area contributed by atoms with Crippen molar-refractivity contribution in [2.75, 3.05) is 51.3 Å². The largest absolute Gasteiger partial charge is 0.301 e. The molecule has 1 heterocycles. The highest BCUT2D eigenvalue weighted by Gasteiger charge is 2.31. The summed E-state index contributed by atoms with van der Waals surface area (Å²) in [5.74, 6) is 1.26. The maximum atomic E-state index is 2.67. The molecule has 0 saturated carbocycles. The minimum atomic E-state index is 0.424. The standard InChI is InChI=1S/C16H34N2S/c1-7-17-8-10-18(11-9-17)13-15(2,3)12-16(4,5)14-19-6/h7-14H2,1-6H3. The van der Waals surface area contributed by atoms with Gasteiger partial charge in [-0.1, -0.05) is 34.6 Å². The second kappa shape index (κ2) is 7.33. The van der Waals surface area contributed by atoms with Crippen LogP contribution < -0.4 is 0 Å². The molecule has 19 heavy (non-hydrogen) atoms. The Kier molecular flexibility index (Phi) is 6.68. The third-order valence-electron chi connectivity index (χ3n) is 4.06. The van der Waals surface area contributed by atoms with Gasteiger partial charge in [0, 0.05) is 32.7 Å². The van der Waals surface area contributed by atoms with Gasteiger partial charge in [-0.05, 0) is 35.8 Å². The van der Waals surface area contributed by atoms with Crippen molar-refractivity contribution in [3.8, 4) is 0 Å². The molecular weight excluding hydrogens is 252 g/mol. The lowest BCUT2D eigenvalue weighted by molar-refractivity contribution is 0.0814. The Hall–Kier alpha value is 0.270. The van der Waals surface area contributed by atoms with Crippen molar-refractivity contribution >= 4 is 11.8 Å². The van der Waals surface area contributed by atoms with E-state index in [0.717, 1.165) is 0 Å². The van der Waals surface area contributed by atoms with Gasteiger partial charge in [-0.2, -0.15) is 11.8 Å². The highest BCUT2D eigenvalue weighted by molar-refractivity contribution is 7.98. The Morgan fingerprint density at radius 2 is 1.42 bits per heavy atom. The van der Waals surface area contributed by atoms with Crippen LogP contribution in [0.25, 0.3) is 0 Å². The van der Waals surface area contributed by atoms with Crippen molar-refractivity contribution in [3.05, 3.63) is 0 Å². The lowest BCUT2D eigenvalue weighted by atomic mass is 9.76. The summed E-state index contributed by atoms with van der Waals surface area (Å²) in [4.78, 5) is 5.22. The van der Waals surface area contributed by atoms with Gasteiger partial charge < -0.3 is 9.80 Å². The van der Waals surface area contributed by atoms with Crippen molar-refractivity contribution in [3.63, 3.8) is 0 Å². The normalized spacial score (nSPS) is 19.9. The van der Waals surface area contributed by atoms with Crippen molar-refractivity contribution in [1.82, 2.24) is 9.80 Å². The summed E-state index contributed by atoms with van der Waals surface area (Å²) >= 11 is 1.98. The molecule has 1 saturated heterocycles. The van der Waals surface area contributed by atoms with Crippen LogP contribution in [0.2, 0.25) is 0 Å². The monoisotopic (exact) mass is 286 g/mol. The molecule has 0 aromatic carbocycles. The van der Waals surface area contributed by atoms with Gasteiger partial charge in [-0.3, -0.25) is 0 Å². The number of hydrogen-bond acceptors (Lipinski definition) is 3. The summed E-state index contributed by atoms with van der Waals surface area (Å²) < 4.78 is 0. The van der Waals surface area contributed by atoms with E-state index in [1.165, 1.54) is 51.4 Å². The first-order valence-electron chi connectivity index (χ1n) is 7.72. The summed E-state index contributed by atoms with van der Waals surface area (Å²) in [6, 6.07) is 0. The molecule has 0 aromatic rings. The molecular formula is C16H34N2S. The topological polar surface area (TPSA) is 6.48 Å². The molecule has 0 spiro atoms. The molecule has 0 unspecified atom stereocenters. The van der Waals surface area contributed by atoms with E-state index < -0.39 is 0 Å². The lowest BCUT2D eigenvalue weighted by Crippen LogP contribution is -2.49. The van der Waals surface area contributed by atoms with E-state index in [2.05, 4.69) is 50.7 Å². The van der Waals surface area contributed by atoms with Crippen LogP contribution in [0.3, 0.4) is 0 Å². The van der Waals surface area contributed by atoms with Crippen molar-refractivity contribution in [2.45, 2.75) is 41.0 Å². The van der Waals surface area contributed by atoms with Gasteiger partial charge in [-0.15, -0.1) is 0 Å². The quantitative estimate of drug-likeness (QED) is 0.708. The van der Waals surface area contributed by atoms with Crippen LogP contribution in [-0.4, -0.2) is 61.1 Å². The van der Waals surface area contributed by atoms with Gasteiger partial charge in [0.1, 0.15) is 0 Å². The maximum absolute atomic E-state index is 2.67. The Balaban J connectivity index is 2.42. The van der Waals surface area contributed by atoms with E-state index >= 15 is 0 Å². The summed E-state index contributed by atoms with van der Waals surface area (Å²) in [6.07, 6.45) is 3.54. The van der Waals surface area contributed by atoms with Crippen molar-refractivity contribution in [1.29, 1.82) is 0 Å². The zero-order valence-corrected chi connectivity index (χ0v) is 14.8. The van der Waals surface area contributed by atoms with Gasteiger partial charge >= 0.3 is 0 Å². The van der Waals surface area contributed by atoms with Crippen LogP contribution in [0.1, 0.15) is 41.0 Å². The number of likely N-dealkylation sites (N-methyl/N-ethyl adjacent to an activating group) is 1. The van der Waals surface area contributed by atoms with Gasteiger partial charge in [0.2, 0.25) is 0 Å². The fourth-order valence-electron chi connectivity index (χ4n) is 3.66. The van der Waals surface area contributed by atoms with Gasteiger partial charge in [0.15, 0.2) is 0 Å². The zero-order valence-electron chi connectivity index (χ0n) is 14.0. The number of hydrogen-bond donors (Lipinski definition) is 0. The Bertz CT molecular complexity index is 255. The van der Waals surface area contributed by atoms with Crippen LogP contribution in [0.4, 0.5) is 0 Å². The Labute approximate surface area is 125 Å². The van der Waals surface area contributed by atoms with E-state index in [1.807, 2.05) is 11.8 Å². The zero-order chi connectivity index (χ0) is 14.5. The highest BCUT2D eigenvalue weighted by Crippen LogP contribution is 2.36. The molecule has 0 amide bonds. The molecule has 2 nitrogen and oxygen atoms in total. The first-order valence-corrected chi connectivity index (χ1v) is 9.11. The number of thioether (sulfide) groups is 1. The van der Waals surface area contributed by atoms with Crippen LogP contribution in [-0.2, 0) is 0 Å². The van der Waals surface area contributed by atoms with Gasteiger partial charge in [-0.25, -0.2) is 0 Å². The molecule has 0 aromatic heterocycles. The summed E-state index contributed by atoms with van der Waals surface area (Å²) in [7, 11) is 0. The average Bonchev–Trinajstić information content (AvgIpc) is 2.27. The van der Waals surface area contributed by atoms with E-state index in [4.69, 9.17) is 0 Å². The molecule has 114 valence electrons. The smallest absolute Gasteiger partial charge is 0.0110 e. The van der Waals surface area contributed by atoms with E-state index in [9.17, 15) is 0 Å². The SMILES string of the molecule is CCN1CCN(CC(C)(C)CC(C)(C)CSC)CC1. The van der Waals surface area contributed by atoms with E-state index in [-0.39, 0.29) is 0 Å². The Morgan fingerprint density at radius 3 is 1.89 bits per heavy atom. The first-order chi connectivity index (χ1) is 8.78. The molecule has 1 aliphatic rings. The molecule has 0 radical (unpaired) electrons. The molecule has 1 fully saturated rings. The highest BCUT2D eigenvalue weighted by atomic mass is 32.2. The lowest BCUT2D eigenvalue weighted by Gasteiger charge is -2.41. The van der Waals surface area contributed by atoms with E-state index in [1.54, 1.807) is 0 Å².